The minimum atomic E-state index is 0.244. The number of anilines is 1. The maximum absolute atomic E-state index is 6.51. The van der Waals surface area contributed by atoms with Crippen LogP contribution < -0.4 is 10.2 Å². The standard InChI is InChI=1S/C17H27ClN2O/c1-12(2)8-19-9-15-6-5-7-16(18)17(15)20-10-14(4)21-11-13(20)3/h5-7,12-14,19H,8-11H2,1-4H3. The van der Waals surface area contributed by atoms with Crippen LogP contribution in [0.4, 0.5) is 5.69 Å². The molecule has 21 heavy (non-hydrogen) atoms. The van der Waals surface area contributed by atoms with Crippen molar-refractivity contribution in [2.75, 3.05) is 24.6 Å². The van der Waals surface area contributed by atoms with Crippen LogP contribution in [-0.2, 0) is 11.3 Å². The minimum Gasteiger partial charge on any atom is -0.375 e. The predicted molar refractivity (Wildman–Crippen MR) is 90.2 cm³/mol. The van der Waals surface area contributed by atoms with Crippen molar-refractivity contribution in [1.29, 1.82) is 0 Å². The van der Waals surface area contributed by atoms with Crippen molar-refractivity contribution in [2.45, 2.75) is 46.4 Å². The highest BCUT2D eigenvalue weighted by Crippen LogP contribution is 2.33. The monoisotopic (exact) mass is 310 g/mol. The van der Waals surface area contributed by atoms with E-state index in [-0.39, 0.29) is 6.10 Å². The lowest BCUT2D eigenvalue weighted by atomic mass is 10.1. The summed E-state index contributed by atoms with van der Waals surface area (Å²) in [6.07, 6.45) is 0.244. The fraction of sp³-hybridized carbons (Fsp3) is 0.647. The Morgan fingerprint density at radius 3 is 2.86 bits per heavy atom. The van der Waals surface area contributed by atoms with Gasteiger partial charge in [0.05, 0.1) is 23.4 Å². The third-order valence-corrected chi connectivity index (χ3v) is 4.14. The fourth-order valence-corrected chi connectivity index (χ4v) is 3.04. The molecule has 0 aliphatic carbocycles. The number of morpholine rings is 1. The average molecular weight is 311 g/mol. The molecule has 1 N–H and O–H groups in total. The van der Waals surface area contributed by atoms with E-state index >= 15 is 0 Å². The van der Waals surface area contributed by atoms with Gasteiger partial charge in [-0.3, -0.25) is 0 Å². The molecule has 0 bridgehead atoms. The number of halogens is 1. The Labute approximate surface area is 133 Å². The molecule has 1 aliphatic rings. The quantitative estimate of drug-likeness (QED) is 0.897. The third-order valence-electron chi connectivity index (χ3n) is 3.83. The van der Waals surface area contributed by atoms with Crippen molar-refractivity contribution in [3.8, 4) is 0 Å². The van der Waals surface area contributed by atoms with Crippen molar-refractivity contribution in [3.63, 3.8) is 0 Å². The van der Waals surface area contributed by atoms with Gasteiger partial charge in [-0.15, -0.1) is 0 Å². The van der Waals surface area contributed by atoms with Gasteiger partial charge in [-0.05, 0) is 37.9 Å². The van der Waals surface area contributed by atoms with Crippen LogP contribution in [0.25, 0.3) is 0 Å². The first kappa shape index (κ1) is 16.6. The summed E-state index contributed by atoms with van der Waals surface area (Å²) < 4.78 is 5.73. The normalized spacial score (nSPS) is 22.9. The first-order valence-electron chi connectivity index (χ1n) is 7.85. The molecule has 0 amide bonds. The number of hydrogen-bond acceptors (Lipinski definition) is 3. The number of ether oxygens (including phenoxy) is 1. The second-order valence-corrected chi connectivity index (χ2v) is 6.82. The molecule has 0 saturated carbocycles. The Kier molecular flexibility index (Phi) is 5.91. The fourth-order valence-electron chi connectivity index (χ4n) is 2.73. The molecular weight excluding hydrogens is 284 g/mol. The summed E-state index contributed by atoms with van der Waals surface area (Å²) in [5.41, 5.74) is 2.43. The molecule has 0 spiro atoms. The third kappa shape index (κ3) is 4.35. The number of nitrogens with zero attached hydrogens (tertiary/aromatic N) is 1. The molecule has 0 radical (unpaired) electrons. The van der Waals surface area contributed by atoms with Crippen LogP contribution in [0.15, 0.2) is 18.2 Å². The Morgan fingerprint density at radius 1 is 1.38 bits per heavy atom. The molecule has 1 aromatic rings. The van der Waals surface area contributed by atoms with E-state index < -0.39 is 0 Å². The first-order chi connectivity index (χ1) is 9.99. The zero-order valence-corrected chi connectivity index (χ0v) is 14.3. The van der Waals surface area contributed by atoms with E-state index in [1.165, 1.54) is 5.56 Å². The highest BCUT2D eigenvalue weighted by molar-refractivity contribution is 6.33. The smallest absolute Gasteiger partial charge is 0.0723 e. The Hall–Kier alpha value is -0.770. The van der Waals surface area contributed by atoms with Crippen molar-refractivity contribution < 1.29 is 4.74 Å². The Balaban J connectivity index is 2.20. The van der Waals surface area contributed by atoms with Gasteiger partial charge >= 0.3 is 0 Å². The van der Waals surface area contributed by atoms with E-state index in [0.29, 0.717) is 12.0 Å². The van der Waals surface area contributed by atoms with Crippen LogP contribution in [0, 0.1) is 5.92 Å². The van der Waals surface area contributed by atoms with E-state index in [4.69, 9.17) is 16.3 Å². The second-order valence-electron chi connectivity index (χ2n) is 6.42. The van der Waals surface area contributed by atoms with Crippen molar-refractivity contribution >= 4 is 17.3 Å². The summed E-state index contributed by atoms with van der Waals surface area (Å²) in [6, 6.07) is 6.54. The van der Waals surface area contributed by atoms with Crippen LogP contribution in [0.2, 0.25) is 5.02 Å². The number of benzene rings is 1. The van der Waals surface area contributed by atoms with Crippen LogP contribution in [-0.4, -0.2) is 31.8 Å². The summed E-state index contributed by atoms with van der Waals surface area (Å²) >= 11 is 6.51. The first-order valence-corrected chi connectivity index (χ1v) is 8.23. The molecule has 1 saturated heterocycles. The lowest BCUT2D eigenvalue weighted by Gasteiger charge is -2.40. The van der Waals surface area contributed by atoms with Crippen LogP contribution in [0.5, 0.6) is 0 Å². The summed E-state index contributed by atoms with van der Waals surface area (Å²) in [4.78, 5) is 2.39. The summed E-state index contributed by atoms with van der Waals surface area (Å²) in [5, 5.41) is 4.35. The van der Waals surface area contributed by atoms with Crippen LogP contribution in [0.1, 0.15) is 33.3 Å². The van der Waals surface area contributed by atoms with Gasteiger partial charge in [-0.2, -0.15) is 0 Å². The molecule has 2 rings (SSSR count). The van der Waals surface area contributed by atoms with Crippen LogP contribution >= 0.6 is 11.6 Å². The van der Waals surface area contributed by atoms with E-state index in [9.17, 15) is 0 Å². The van der Waals surface area contributed by atoms with Crippen molar-refractivity contribution in [3.05, 3.63) is 28.8 Å². The second kappa shape index (κ2) is 7.48. The molecule has 1 heterocycles. The molecule has 118 valence electrons. The highest BCUT2D eigenvalue weighted by atomic mass is 35.5. The van der Waals surface area contributed by atoms with Gasteiger partial charge < -0.3 is 15.0 Å². The number of nitrogens with one attached hydrogen (secondary N) is 1. The molecule has 2 unspecified atom stereocenters. The molecule has 1 fully saturated rings. The SMILES string of the molecule is CC(C)CNCc1cccc(Cl)c1N1CC(C)OCC1C. The van der Waals surface area contributed by atoms with Gasteiger partial charge in [0, 0.05) is 19.1 Å². The zero-order valence-electron chi connectivity index (χ0n) is 13.5. The Bertz CT molecular complexity index is 464. The Morgan fingerprint density at radius 2 is 2.14 bits per heavy atom. The topological polar surface area (TPSA) is 24.5 Å². The minimum absolute atomic E-state index is 0.244. The summed E-state index contributed by atoms with van der Waals surface area (Å²) in [5.74, 6) is 0.648. The molecule has 0 aromatic heterocycles. The molecule has 1 aliphatic heterocycles. The highest BCUT2D eigenvalue weighted by Gasteiger charge is 2.26. The van der Waals surface area contributed by atoms with Crippen molar-refractivity contribution in [2.24, 2.45) is 5.92 Å². The lowest BCUT2D eigenvalue weighted by molar-refractivity contribution is 0.0343. The molecule has 4 heteroatoms. The summed E-state index contributed by atoms with van der Waals surface area (Å²) in [6.45, 7) is 12.3. The molecular formula is C17H27ClN2O. The number of hydrogen-bond donors (Lipinski definition) is 1. The van der Waals surface area contributed by atoms with E-state index in [1.807, 2.05) is 12.1 Å². The maximum atomic E-state index is 6.51. The van der Waals surface area contributed by atoms with Crippen molar-refractivity contribution in [1.82, 2.24) is 5.32 Å². The van der Waals surface area contributed by atoms with Crippen LogP contribution in [0.3, 0.4) is 0 Å². The summed E-state index contributed by atoms with van der Waals surface area (Å²) in [7, 11) is 0. The van der Waals surface area contributed by atoms with E-state index in [2.05, 4.69) is 44.0 Å². The van der Waals surface area contributed by atoms with Gasteiger partial charge in [0.25, 0.3) is 0 Å². The number of rotatable bonds is 5. The number of para-hydroxylation sites is 1. The van der Waals surface area contributed by atoms with Gasteiger partial charge in [0.2, 0.25) is 0 Å². The van der Waals surface area contributed by atoms with Gasteiger partial charge in [-0.1, -0.05) is 37.6 Å². The van der Waals surface area contributed by atoms with Gasteiger partial charge in [-0.25, -0.2) is 0 Å². The van der Waals surface area contributed by atoms with E-state index in [0.717, 1.165) is 37.0 Å². The zero-order chi connectivity index (χ0) is 15.4. The average Bonchev–Trinajstić information content (AvgIpc) is 2.42. The van der Waals surface area contributed by atoms with Gasteiger partial charge in [0.1, 0.15) is 0 Å². The lowest BCUT2D eigenvalue weighted by Crippen LogP contribution is -2.48. The molecule has 2 atom stereocenters. The van der Waals surface area contributed by atoms with E-state index in [1.54, 1.807) is 0 Å². The predicted octanol–water partition coefficient (Wildman–Crippen LogP) is 3.70. The molecule has 1 aromatic carbocycles. The maximum Gasteiger partial charge on any atom is 0.0723 e. The largest absolute Gasteiger partial charge is 0.375 e. The molecule has 3 nitrogen and oxygen atoms in total. The van der Waals surface area contributed by atoms with Gasteiger partial charge in [0.15, 0.2) is 0 Å².